The molecule has 0 bridgehead atoms. The van der Waals surface area contributed by atoms with Crippen LogP contribution in [0.25, 0.3) is 22.4 Å². The van der Waals surface area contributed by atoms with E-state index in [1.165, 1.54) is 0 Å². The molecule has 94 valence electrons. The highest BCUT2D eigenvalue weighted by molar-refractivity contribution is 5.97. The summed E-state index contributed by atoms with van der Waals surface area (Å²) in [5.41, 5.74) is 3.10. The maximum absolute atomic E-state index is 11.1. The number of nitrogens with zero attached hydrogens (tertiary/aromatic N) is 4. The molecule has 0 aliphatic carbocycles. The van der Waals surface area contributed by atoms with E-state index in [0.717, 1.165) is 28.6 Å². The predicted molar refractivity (Wildman–Crippen MR) is 71.9 cm³/mol. The highest BCUT2D eigenvalue weighted by Crippen LogP contribution is 2.24. The molecule has 19 heavy (non-hydrogen) atoms. The minimum Gasteiger partial charge on any atom is -0.335 e. The van der Waals surface area contributed by atoms with E-state index in [9.17, 15) is 4.79 Å². The number of fused-ring (bicyclic) bond motifs is 1. The summed E-state index contributed by atoms with van der Waals surface area (Å²) in [6, 6.07) is 3.73. The molecule has 5 heteroatoms. The van der Waals surface area contributed by atoms with E-state index in [1.807, 2.05) is 30.7 Å². The first-order valence-electron chi connectivity index (χ1n) is 5.90. The first-order chi connectivity index (χ1) is 9.20. The summed E-state index contributed by atoms with van der Waals surface area (Å²) in [6.07, 6.45) is 6.03. The smallest absolute Gasteiger partial charge is 0.161 e. The second kappa shape index (κ2) is 4.28. The molecule has 0 spiro atoms. The molecular formula is C14H12N4O. The maximum atomic E-state index is 11.1. The molecule has 0 fully saturated rings. The molecule has 0 saturated carbocycles. The minimum absolute atomic E-state index is 0.622. The van der Waals surface area contributed by atoms with Crippen molar-refractivity contribution in [3.8, 4) is 11.4 Å². The van der Waals surface area contributed by atoms with E-state index < -0.39 is 0 Å². The number of hydrogen-bond acceptors (Lipinski definition) is 4. The summed E-state index contributed by atoms with van der Waals surface area (Å²) in [5, 5.41) is 0.815. The van der Waals surface area contributed by atoms with Crippen LogP contribution in [-0.4, -0.2) is 25.8 Å². The largest absolute Gasteiger partial charge is 0.335 e. The first-order valence-corrected chi connectivity index (χ1v) is 5.90. The van der Waals surface area contributed by atoms with Crippen molar-refractivity contribution in [1.29, 1.82) is 0 Å². The molecule has 0 N–H and O–H groups in total. The van der Waals surface area contributed by atoms with Crippen molar-refractivity contribution in [3.05, 3.63) is 42.0 Å². The molecule has 5 nitrogen and oxygen atoms in total. The fourth-order valence-electron chi connectivity index (χ4n) is 2.20. The normalized spacial score (nSPS) is 10.8. The fourth-order valence-corrected chi connectivity index (χ4v) is 2.20. The Bertz CT molecular complexity index is 762. The lowest BCUT2D eigenvalue weighted by Crippen LogP contribution is -1.96. The van der Waals surface area contributed by atoms with Gasteiger partial charge in [0.15, 0.2) is 12.1 Å². The molecule has 0 saturated heterocycles. The third-order valence-corrected chi connectivity index (χ3v) is 3.09. The Hall–Kier alpha value is -2.56. The second-order valence-corrected chi connectivity index (χ2v) is 4.38. The van der Waals surface area contributed by atoms with Crippen molar-refractivity contribution in [3.63, 3.8) is 0 Å². The Kier molecular flexibility index (Phi) is 2.59. The van der Waals surface area contributed by atoms with Crippen LogP contribution in [0, 0.1) is 6.92 Å². The van der Waals surface area contributed by atoms with Crippen LogP contribution in [-0.2, 0) is 7.05 Å². The molecular weight excluding hydrogens is 240 g/mol. The summed E-state index contributed by atoms with van der Waals surface area (Å²) >= 11 is 0. The zero-order valence-corrected chi connectivity index (χ0v) is 10.7. The Balaban J connectivity index is 2.31. The molecule has 0 unspecified atom stereocenters. The summed E-state index contributed by atoms with van der Waals surface area (Å²) in [7, 11) is 1.87. The second-order valence-electron chi connectivity index (χ2n) is 4.38. The van der Waals surface area contributed by atoms with Crippen molar-refractivity contribution in [1.82, 2.24) is 19.5 Å². The van der Waals surface area contributed by atoms with Crippen molar-refractivity contribution < 1.29 is 4.79 Å². The number of rotatable bonds is 2. The van der Waals surface area contributed by atoms with Crippen molar-refractivity contribution in [2.45, 2.75) is 6.92 Å². The van der Waals surface area contributed by atoms with Gasteiger partial charge < -0.3 is 4.57 Å². The van der Waals surface area contributed by atoms with Gasteiger partial charge in [-0.3, -0.25) is 9.78 Å². The van der Waals surface area contributed by atoms with Crippen LogP contribution < -0.4 is 0 Å². The highest BCUT2D eigenvalue weighted by Gasteiger charge is 2.13. The van der Waals surface area contributed by atoms with Gasteiger partial charge >= 0.3 is 0 Å². The standard InChI is InChI=1S/C14H12N4O/c1-9-12-11(8-19)7-18(2)14(12)17-13(16-9)10-3-5-15-6-4-10/h3-8H,1-2H3. The summed E-state index contributed by atoms with van der Waals surface area (Å²) < 4.78 is 1.85. The maximum Gasteiger partial charge on any atom is 0.161 e. The Labute approximate surface area is 110 Å². The quantitative estimate of drug-likeness (QED) is 0.656. The Morgan fingerprint density at radius 3 is 2.63 bits per heavy atom. The number of aromatic nitrogens is 4. The van der Waals surface area contributed by atoms with E-state index in [1.54, 1.807) is 18.6 Å². The number of carbonyl (C=O) groups is 1. The lowest BCUT2D eigenvalue weighted by molar-refractivity contribution is 0.112. The van der Waals surface area contributed by atoms with E-state index >= 15 is 0 Å². The third-order valence-electron chi connectivity index (χ3n) is 3.09. The first kappa shape index (κ1) is 11.5. The molecule has 0 aromatic carbocycles. The van der Waals surface area contributed by atoms with Gasteiger partial charge in [-0.25, -0.2) is 9.97 Å². The van der Waals surface area contributed by atoms with Gasteiger partial charge in [0.05, 0.1) is 11.1 Å². The van der Waals surface area contributed by atoms with Gasteiger partial charge in [-0.2, -0.15) is 0 Å². The SMILES string of the molecule is Cc1nc(-c2ccncc2)nc2c1c(C=O)cn2C. The number of aldehydes is 1. The average molecular weight is 252 g/mol. The minimum atomic E-state index is 0.622. The highest BCUT2D eigenvalue weighted by atomic mass is 16.1. The van der Waals surface area contributed by atoms with Gasteiger partial charge in [-0.05, 0) is 19.1 Å². The summed E-state index contributed by atoms with van der Waals surface area (Å²) in [6.45, 7) is 1.89. The average Bonchev–Trinajstić information content (AvgIpc) is 2.77. The van der Waals surface area contributed by atoms with Gasteiger partial charge in [0.2, 0.25) is 0 Å². The number of aryl methyl sites for hydroxylation is 2. The predicted octanol–water partition coefficient (Wildman–Crippen LogP) is 2.15. The number of hydrogen-bond donors (Lipinski definition) is 0. The van der Waals surface area contributed by atoms with Crippen molar-refractivity contribution >= 4 is 17.3 Å². The fraction of sp³-hybridized carbons (Fsp3) is 0.143. The lowest BCUT2D eigenvalue weighted by Gasteiger charge is -2.04. The molecule has 0 aliphatic rings. The van der Waals surface area contributed by atoms with Gasteiger partial charge in [-0.15, -0.1) is 0 Å². The van der Waals surface area contributed by atoms with Crippen LogP contribution >= 0.6 is 0 Å². The number of carbonyl (C=O) groups excluding carboxylic acids is 1. The Morgan fingerprint density at radius 1 is 1.21 bits per heavy atom. The van der Waals surface area contributed by atoms with Crippen LogP contribution in [0.3, 0.4) is 0 Å². The van der Waals surface area contributed by atoms with Gasteiger partial charge in [-0.1, -0.05) is 0 Å². The zero-order chi connectivity index (χ0) is 13.4. The van der Waals surface area contributed by atoms with Crippen LogP contribution in [0.2, 0.25) is 0 Å². The van der Waals surface area contributed by atoms with E-state index in [2.05, 4.69) is 15.0 Å². The van der Waals surface area contributed by atoms with Gasteiger partial charge in [0.1, 0.15) is 5.65 Å². The molecule has 3 heterocycles. The summed E-state index contributed by atoms with van der Waals surface area (Å²) in [5.74, 6) is 0.644. The molecule has 0 amide bonds. The topological polar surface area (TPSA) is 60.7 Å². The Morgan fingerprint density at radius 2 is 1.95 bits per heavy atom. The number of pyridine rings is 1. The zero-order valence-electron chi connectivity index (χ0n) is 10.7. The van der Waals surface area contributed by atoms with Gasteiger partial charge in [0.25, 0.3) is 0 Å². The van der Waals surface area contributed by atoms with Crippen molar-refractivity contribution in [2.75, 3.05) is 0 Å². The third kappa shape index (κ3) is 1.79. The van der Waals surface area contributed by atoms with Crippen LogP contribution in [0.15, 0.2) is 30.7 Å². The molecule has 3 rings (SSSR count). The van der Waals surface area contributed by atoms with E-state index in [4.69, 9.17) is 0 Å². The molecule has 3 aromatic heterocycles. The van der Waals surface area contributed by atoms with Crippen LogP contribution in [0.1, 0.15) is 16.1 Å². The lowest BCUT2D eigenvalue weighted by atomic mass is 10.2. The van der Waals surface area contributed by atoms with Gasteiger partial charge in [0, 0.05) is 36.8 Å². The van der Waals surface area contributed by atoms with Crippen LogP contribution in [0.4, 0.5) is 0 Å². The summed E-state index contributed by atoms with van der Waals surface area (Å²) in [4.78, 5) is 24.1. The monoisotopic (exact) mass is 252 g/mol. The van der Waals surface area contributed by atoms with Crippen molar-refractivity contribution in [2.24, 2.45) is 7.05 Å². The van der Waals surface area contributed by atoms with E-state index in [-0.39, 0.29) is 0 Å². The van der Waals surface area contributed by atoms with E-state index in [0.29, 0.717) is 11.4 Å². The van der Waals surface area contributed by atoms with Crippen LogP contribution in [0.5, 0.6) is 0 Å². The molecule has 0 aliphatic heterocycles. The molecule has 0 atom stereocenters. The molecule has 0 radical (unpaired) electrons. The molecule has 3 aromatic rings.